The SMILES string of the molecule is CCS(=O)(=O)Nc1ccc(CN2CCCC(NC(=O)OC(C)(C)C)C2)c(-c2cn(C)c(=O)cc2OC)c1. The minimum Gasteiger partial charge on any atom is -0.496 e. The molecule has 1 fully saturated rings. The van der Waals surface area contributed by atoms with Gasteiger partial charge in [0, 0.05) is 49.7 Å². The van der Waals surface area contributed by atoms with Crippen molar-refractivity contribution in [2.24, 2.45) is 7.05 Å². The fourth-order valence-corrected chi connectivity index (χ4v) is 4.93. The molecule has 37 heavy (non-hydrogen) atoms. The Balaban J connectivity index is 1.92. The molecule has 10 nitrogen and oxygen atoms in total. The highest BCUT2D eigenvalue weighted by Gasteiger charge is 2.25. The number of carbonyl (C=O) groups excluding carboxylic acids is 1. The molecule has 0 aliphatic carbocycles. The summed E-state index contributed by atoms with van der Waals surface area (Å²) in [5.74, 6) is 0.357. The predicted molar refractivity (Wildman–Crippen MR) is 144 cm³/mol. The third-order valence-electron chi connectivity index (χ3n) is 6.08. The van der Waals surface area contributed by atoms with E-state index in [9.17, 15) is 18.0 Å². The van der Waals surface area contributed by atoms with E-state index in [1.54, 1.807) is 32.3 Å². The Labute approximate surface area is 219 Å². The van der Waals surface area contributed by atoms with Gasteiger partial charge < -0.3 is 19.4 Å². The van der Waals surface area contributed by atoms with Crippen molar-refractivity contribution < 1.29 is 22.7 Å². The number of pyridine rings is 1. The first kappa shape index (κ1) is 28.5. The number of aryl methyl sites for hydroxylation is 1. The highest BCUT2D eigenvalue weighted by atomic mass is 32.2. The van der Waals surface area contributed by atoms with Crippen LogP contribution >= 0.6 is 0 Å². The molecular formula is C26H38N4O6S. The van der Waals surface area contributed by atoms with Crippen LogP contribution in [0.2, 0.25) is 0 Å². The summed E-state index contributed by atoms with van der Waals surface area (Å²) >= 11 is 0. The molecule has 1 amide bonds. The molecule has 0 saturated carbocycles. The number of likely N-dealkylation sites (tertiary alicyclic amines) is 1. The first-order chi connectivity index (χ1) is 17.3. The van der Waals surface area contributed by atoms with Crippen molar-refractivity contribution >= 4 is 21.8 Å². The van der Waals surface area contributed by atoms with E-state index in [1.807, 2.05) is 26.8 Å². The van der Waals surface area contributed by atoms with Gasteiger partial charge in [0.25, 0.3) is 5.56 Å². The lowest BCUT2D eigenvalue weighted by Crippen LogP contribution is -2.48. The van der Waals surface area contributed by atoms with Crippen molar-refractivity contribution in [1.82, 2.24) is 14.8 Å². The number of carbonyl (C=O) groups is 1. The molecule has 0 radical (unpaired) electrons. The molecule has 11 heteroatoms. The van der Waals surface area contributed by atoms with Crippen molar-refractivity contribution in [3.8, 4) is 16.9 Å². The van der Waals surface area contributed by atoms with Crippen molar-refractivity contribution in [3.05, 3.63) is 46.4 Å². The van der Waals surface area contributed by atoms with E-state index in [0.717, 1.165) is 30.5 Å². The van der Waals surface area contributed by atoms with Crippen LogP contribution in [0.25, 0.3) is 11.1 Å². The Morgan fingerprint density at radius 2 is 1.92 bits per heavy atom. The molecule has 204 valence electrons. The average Bonchev–Trinajstić information content (AvgIpc) is 2.80. The number of sulfonamides is 1. The van der Waals surface area contributed by atoms with Gasteiger partial charge in [-0.15, -0.1) is 0 Å². The Bertz CT molecular complexity index is 1280. The van der Waals surface area contributed by atoms with Crippen LogP contribution in [-0.4, -0.2) is 61.6 Å². The molecule has 1 aliphatic rings. The lowest BCUT2D eigenvalue weighted by molar-refractivity contribution is 0.0470. The number of ether oxygens (including phenoxy) is 2. The van der Waals surface area contributed by atoms with Gasteiger partial charge in [-0.3, -0.25) is 14.4 Å². The molecule has 3 rings (SSSR count). The van der Waals surface area contributed by atoms with E-state index in [1.165, 1.54) is 17.7 Å². The summed E-state index contributed by atoms with van der Waals surface area (Å²) in [6.07, 6.45) is 3.03. The Morgan fingerprint density at radius 1 is 1.19 bits per heavy atom. The van der Waals surface area contributed by atoms with Crippen LogP contribution in [0.15, 0.2) is 35.3 Å². The van der Waals surface area contributed by atoms with E-state index in [0.29, 0.717) is 30.1 Å². The number of hydrogen-bond acceptors (Lipinski definition) is 7. The molecular weight excluding hydrogens is 496 g/mol. The number of piperidine rings is 1. The fourth-order valence-electron chi connectivity index (χ4n) is 4.30. The Hall–Kier alpha value is -3.05. The maximum absolute atomic E-state index is 12.3. The standard InChI is InChI=1S/C26H38N4O6S/c1-7-37(33,34)28-19-11-10-18(21(13-19)22-17-29(5)24(31)14-23(22)35-6)15-30-12-8-9-20(16-30)27-25(32)36-26(2,3)4/h10-11,13-14,17,20,28H,7-9,12,15-16H2,1-6H3,(H,27,32). The molecule has 1 aliphatic heterocycles. The van der Waals surface area contributed by atoms with Gasteiger partial charge in [-0.25, -0.2) is 13.2 Å². The Kier molecular flexibility index (Phi) is 8.91. The monoisotopic (exact) mass is 534 g/mol. The van der Waals surface area contributed by atoms with Crippen LogP contribution in [0.3, 0.4) is 0 Å². The molecule has 1 aromatic carbocycles. The van der Waals surface area contributed by atoms with Crippen molar-refractivity contribution in [2.45, 2.75) is 58.7 Å². The van der Waals surface area contributed by atoms with Gasteiger partial charge in [0.2, 0.25) is 10.0 Å². The van der Waals surface area contributed by atoms with Gasteiger partial charge in [-0.05, 0) is 70.3 Å². The first-order valence-electron chi connectivity index (χ1n) is 12.4. The molecule has 2 aromatic rings. The van der Waals surface area contributed by atoms with E-state index in [-0.39, 0.29) is 17.4 Å². The molecule has 2 heterocycles. The number of anilines is 1. The van der Waals surface area contributed by atoms with E-state index in [2.05, 4.69) is 14.9 Å². The third kappa shape index (κ3) is 7.96. The number of rotatable bonds is 8. The second-order valence-corrected chi connectivity index (χ2v) is 12.3. The van der Waals surface area contributed by atoms with Crippen LogP contribution in [0.4, 0.5) is 10.5 Å². The quantitative estimate of drug-likeness (QED) is 0.533. The first-order valence-corrected chi connectivity index (χ1v) is 14.1. The zero-order valence-corrected chi connectivity index (χ0v) is 23.3. The summed E-state index contributed by atoms with van der Waals surface area (Å²) in [6.45, 7) is 9.13. The normalized spacial score (nSPS) is 16.8. The zero-order chi connectivity index (χ0) is 27.4. The number of hydrogen-bond donors (Lipinski definition) is 2. The molecule has 0 bridgehead atoms. The molecule has 1 atom stereocenters. The van der Waals surface area contributed by atoms with Gasteiger partial charge >= 0.3 is 6.09 Å². The second-order valence-electron chi connectivity index (χ2n) is 10.3. The summed E-state index contributed by atoms with van der Waals surface area (Å²) in [5.41, 5.74) is 2.03. The van der Waals surface area contributed by atoms with Crippen molar-refractivity contribution in [3.63, 3.8) is 0 Å². The largest absolute Gasteiger partial charge is 0.496 e. The molecule has 0 spiro atoms. The number of aromatic nitrogens is 1. The highest BCUT2D eigenvalue weighted by molar-refractivity contribution is 7.92. The third-order valence-corrected chi connectivity index (χ3v) is 7.39. The van der Waals surface area contributed by atoms with Gasteiger partial charge in [0.05, 0.1) is 12.9 Å². The van der Waals surface area contributed by atoms with Gasteiger partial charge in [0.15, 0.2) is 0 Å². The minimum absolute atomic E-state index is 0.0465. The second kappa shape index (κ2) is 11.6. The number of nitrogens with one attached hydrogen (secondary N) is 2. The van der Waals surface area contributed by atoms with Crippen molar-refractivity contribution in [2.75, 3.05) is 30.7 Å². The summed E-state index contributed by atoms with van der Waals surface area (Å²) < 4.78 is 39.4. The lowest BCUT2D eigenvalue weighted by Gasteiger charge is -2.34. The van der Waals surface area contributed by atoms with Crippen LogP contribution in [-0.2, 0) is 28.4 Å². The number of alkyl carbamates (subject to hydrolysis) is 1. The average molecular weight is 535 g/mol. The van der Waals surface area contributed by atoms with Gasteiger partial charge in [0.1, 0.15) is 11.4 Å². The zero-order valence-electron chi connectivity index (χ0n) is 22.5. The topological polar surface area (TPSA) is 119 Å². The smallest absolute Gasteiger partial charge is 0.407 e. The number of nitrogens with zero attached hydrogens (tertiary/aromatic N) is 2. The van der Waals surface area contributed by atoms with Crippen LogP contribution in [0.1, 0.15) is 46.1 Å². The van der Waals surface area contributed by atoms with Crippen LogP contribution in [0, 0.1) is 0 Å². The van der Waals surface area contributed by atoms with Gasteiger partial charge in [-0.2, -0.15) is 0 Å². The Morgan fingerprint density at radius 3 is 2.57 bits per heavy atom. The van der Waals surface area contributed by atoms with Crippen LogP contribution in [0.5, 0.6) is 5.75 Å². The number of methoxy groups -OCH3 is 1. The highest BCUT2D eigenvalue weighted by Crippen LogP contribution is 2.34. The molecule has 2 N–H and O–H groups in total. The van der Waals surface area contributed by atoms with E-state index < -0.39 is 21.7 Å². The molecule has 1 aromatic heterocycles. The number of amides is 1. The minimum atomic E-state index is -3.47. The lowest BCUT2D eigenvalue weighted by atomic mass is 9.97. The summed E-state index contributed by atoms with van der Waals surface area (Å²) in [4.78, 5) is 26.8. The summed E-state index contributed by atoms with van der Waals surface area (Å²) in [6, 6.07) is 6.77. The van der Waals surface area contributed by atoms with E-state index in [4.69, 9.17) is 9.47 Å². The maximum Gasteiger partial charge on any atom is 0.407 e. The van der Waals surface area contributed by atoms with Crippen LogP contribution < -0.4 is 20.3 Å². The maximum atomic E-state index is 12.3. The molecule has 1 saturated heterocycles. The predicted octanol–water partition coefficient (Wildman–Crippen LogP) is 3.31. The summed E-state index contributed by atoms with van der Waals surface area (Å²) in [7, 11) is -0.315. The fraction of sp³-hybridized carbons (Fsp3) is 0.538. The molecule has 1 unspecified atom stereocenters. The summed E-state index contributed by atoms with van der Waals surface area (Å²) in [5, 5.41) is 2.97. The van der Waals surface area contributed by atoms with E-state index >= 15 is 0 Å². The number of benzene rings is 1. The van der Waals surface area contributed by atoms with Gasteiger partial charge in [-0.1, -0.05) is 6.07 Å². The van der Waals surface area contributed by atoms with Crippen molar-refractivity contribution in [1.29, 1.82) is 0 Å².